The van der Waals surface area contributed by atoms with Gasteiger partial charge in [0.1, 0.15) is 11.4 Å². The number of rotatable bonds is 1. The number of nitrogens with two attached hydrogens (primary N) is 1. The van der Waals surface area contributed by atoms with Gasteiger partial charge in [-0.2, -0.15) is 0 Å². The fourth-order valence-corrected chi connectivity index (χ4v) is 5.42. The maximum Gasteiger partial charge on any atom is 0.222 e. The molecule has 2 aromatic carbocycles. The number of pyridine rings is 1. The van der Waals surface area contributed by atoms with Crippen molar-refractivity contribution in [3.63, 3.8) is 0 Å². The predicted molar refractivity (Wildman–Crippen MR) is 123 cm³/mol. The molecule has 6 rings (SSSR count). The molecule has 3 heterocycles. The summed E-state index contributed by atoms with van der Waals surface area (Å²) in [6, 6.07) is 18.9. The van der Waals surface area contributed by atoms with Crippen molar-refractivity contribution >= 4 is 5.96 Å². The molecule has 0 saturated heterocycles. The number of benzene rings is 2. The van der Waals surface area contributed by atoms with Gasteiger partial charge in [0, 0.05) is 37.8 Å². The van der Waals surface area contributed by atoms with Crippen molar-refractivity contribution in [2.75, 3.05) is 7.05 Å². The van der Waals surface area contributed by atoms with Gasteiger partial charge in [-0.05, 0) is 54.2 Å². The van der Waals surface area contributed by atoms with E-state index in [-0.39, 0.29) is 0 Å². The molecule has 0 bridgehead atoms. The molecule has 162 valence electrons. The molecule has 3 aromatic rings. The van der Waals surface area contributed by atoms with Gasteiger partial charge in [0.05, 0.1) is 5.56 Å². The molecule has 2 atom stereocenters. The fraction of sp³-hybridized carbons (Fsp3) is 0.308. The van der Waals surface area contributed by atoms with E-state index in [1.807, 2.05) is 31.4 Å². The number of guanidine groups is 1. The second-order valence-electron chi connectivity index (χ2n) is 9.06. The van der Waals surface area contributed by atoms with Crippen molar-refractivity contribution in [1.82, 2.24) is 10.0 Å². The van der Waals surface area contributed by atoms with E-state index in [4.69, 9.17) is 20.3 Å². The maximum atomic E-state index is 6.82. The van der Waals surface area contributed by atoms with Crippen LogP contribution < -0.4 is 10.5 Å². The molecule has 3 aliphatic rings. The van der Waals surface area contributed by atoms with Crippen LogP contribution >= 0.6 is 0 Å². The van der Waals surface area contributed by atoms with Gasteiger partial charge in [0.15, 0.2) is 0 Å². The van der Waals surface area contributed by atoms with Crippen molar-refractivity contribution in [2.24, 2.45) is 10.7 Å². The molecule has 6 nitrogen and oxygen atoms in total. The number of hydrogen-bond donors (Lipinski definition) is 1. The fourth-order valence-electron chi connectivity index (χ4n) is 5.42. The van der Waals surface area contributed by atoms with Crippen LogP contribution in [0.5, 0.6) is 5.75 Å². The first-order chi connectivity index (χ1) is 15.6. The van der Waals surface area contributed by atoms with Gasteiger partial charge in [-0.25, -0.2) is 14.9 Å². The molecule has 2 N–H and O–H groups in total. The Balaban J connectivity index is 1.48. The summed E-state index contributed by atoms with van der Waals surface area (Å²) >= 11 is 0. The molecule has 2 aliphatic heterocycles. The first kappa shape index (κ1) is 19.3. The van der Waals surface area contributed by atoms with Crippen LogP contribution in [0.3, 0.4) is 0 Å². The highest BCUT2D eigenvalue weighted by molar-refractivity contribution is 5.79. The molecule has 0 saturated carbocycles. The highest BCUT2D eigenvalue weighted by Gasteiger charge is 2.54. The topological polar surface area (TPSA) is 73.0 Å². The van der Waals surface area contributed by atoms with E-state index in [0.717, 1.165) is 48.1 Å². The number of hydroxylamine groups is 2. The summed E-state index contributed by atoms with van der Waals surface area (Å²) in [4.78, 5) is 15.5. The summed E-state index contributed by atoms with van der Waals surface area (Å²) in [5, 5.41) is 1.57. The number of aromatic nitrogens is 1. The summed E-state index contributed by atoms with van der Waals surface area (Å²) in [5.41, 5.74) is 10.7. The van der Waals surface area contributed by atoms with Crippen LogP contribution in [-0.4, -0.2) is 28.7 Å². The SMILES string of the molecule is CN1OC2(CC3(CCCc4ccccc4C3)Oc3ccc(-c4cccnc4)cc32)N=C1N. The van der Waals surface area contributed by atoms with Gasteiger partial charge in [-0.15, -0.1) is 0 Å². The van der Waals surface area contributed by atoms with Crippen molar-refractivity contribution in [2.45, 2.75) is 43.4 Å². The second-order valence-corrected chi connectivity index (χ2v) is 9.06. The van der Waals surface area contributed by atoms with Gasteiger partial charge in [-0.3, -0.25) is 4.98 Å². The molecule has 0 radical (unpaired) electrons. The van der Waals surface area contributed by atoms with E-state index in [1.165, 1.54) is 11.1 Å². The van der Waals surface area contributed by atoms with Gasteiger partial charge in [0.25, 0.3) is 0 Å². The molecule has 0 amide bonds. The molecule has 0 fully saturated rings. The summed E-state index contributed by atoms with van der Waals surface area (Å²) in [6.45, 7) is 0. The van der Waals surface area contributed by atoms with Gasteiger partial charge in [-0.1, -0.05) is 36.4 Å². The zero-order chi connectivity index (χ0) is 21.8. The summed E-state index contributed by atoms with van der Waals surface area (Å²) in [7, 11) is 1.81. The van der Waals surface area contributed by atoms with Crippen LogP contribution in [0.25, 0.3) is 11.1 Å². The Bertz CT molecular complexity index is 1210. The molecular weight excluding hydrogens is 400 g/mol. The van der Waals surface area contributed by atoms with Crippen LogP contribution in [0.1, 0.15) is 36.0 Å². The number of aliphatic imine (C=N–C) groups is 1. The molecule has 1 aromatic heterocycles. The minimum Gasteiger partial charge on any atom is -0.486 e. The first-order valence-corrected chi connectivity index (χ1v) is 11.1. The summed E-state index contributed by atoms with van der Waals surface area (Å²) in [5.74, 6) is 1.20. The van der Waals surface area contributed by atoms with E-state index in [1.54, 1.807) is 11.3 Å². The Kier molecular flexibility index (Phi) is 4.27. The Morgan fingerprint density at radius 1 is 1.03 bits per heavy atom. The second kappa shape index (κ2) is 7.07. The molecule has 2 spiro atoms. The van der Waals surface area contributed by atoms with Gasteiger partial charge < -0.3 is 10.5 Å². The van der Waals surface area contributed by atoms with E-state index >= 15 is 0 Å². The van der Waals surface area contributed by atoms with Crippen LogP contribution in [0.4, 0.5) is 0 Å². The average molecular weight is 427 g/mol. The third-order valence-electron chi connectivity index (χ3n) is 6.90. The van der Waals surface area contributed by atoms with Crippen molar-refractivity contribution < 1.29 is 9.57 Å². The predicted octanol–water partition coefficient (Wildman–Crippen LogP) is 4.19. The Hall–Kier alpha value is -3.38. The molecule has 2 unspecified atom stereocenters. The Morgan fingerprint density at radius 2 is 1.91 bits per heavy atom. The van der Waals surface area contributed by atoms with Crippen molar-refractivity contribution in [1.29, 1.82) is 0 Å². The smallest absolute Gasteiger partial charge is 0.222 e. The van der Waals surface area contributed by atoms with E-state index in [9.17, 15) is 0 Å². The number of hydrogen-bond acceptors (Lipinski definition) is 6. The lowest BCUT2D eigenvalue weighted by molar-refractivity contribution is -0.204. The monoisotopic (exact) mass is 426 g/mol. The standard InChI is InChI=1S/C26H26N4O2/c1-30-24(27)29-26(32-30)17-25(12-4-8-18-6-2-3-7-20(18)15-25)31-23-11-10-19(14-22(23)26)21-9-5-13-28-16-21/h2-3,5-7,9-11,13-14,16H,4,8,12,15,17H2,1H3,(H2,27,29). The molecule has 6 heteroatoms. The normalized spacial score (nSPS) is 26.3. The average Bonchev–Trinajstić information content (AvgIpc) is 2.97. The van der Waals surface area contributed by atoms with Crippen LogP contribution in [-0.2, 0) is 23.4 Å². The minimum absolute atomic E-state index is 0.383. The summed E-state index contributed by atoms with van der Waals surface area (Å²) < 4.78 is 6.82. The molecular formula is C26H26N4O2. The maximum absolute atomic E-state index is 6.82. The van der Waals surface area contributed by atoms with Crippen LogP contribution in [0, 0.1) is 0 Å². The zero-order valence-electron chi connectivity index (χ0n) is 18.1. The minimum atomic E-state index is -0.899. The zero-order valence-corrected chi connectivity index (χ0v) is 18.1. The molecule has 1 aliphatic carbocycles. The van der Waals surface area contributed by atoms with Gasteiger partial charge >= 0.3 is 0 Å². The van der Waals surface area contributed by atoms with E-state index in [2.05, 4.69) is 41.4 Å². The van der Waals surface area contributed by atoms with E-state index < -0.39 is 11.3 Å². The highest BCUT2D eigenvalue weighted by atomic mass is 16.7. The summed E-state index contributed by atoms with van der Waals surface area (Å²) in [6.07, 6.45) is 8.15. The van der Waals surface area contributed by atoms with Crippen LogP contribution in [0.2, 0.25) is 0 Å². The third-order valence-corrected chi connectivity index (χ3v) is 6.90. The highest BCUT2D eigenvalue weighted by Crippen LogP contribution is 2.52. The number of aryl methyl sites for hydroxylation is 1. The Morgan fingerprint density at radius 3 is 2.69 bits per heavy atom. The first-order valence-electron chi connectivity index (χ1n) is 11.1. The van der Waals surface area contributed by atoms with Crippen LogP contribution in [0.15, 0.2) is 72.0 Å². The third kappa shape index (κ3) is 3.06. The lowest BCUT2D eigenvalue weighted by atomic mass is 9.78. The van der Waals surface area contributed by atoms with E-state index in [0.29, 0.717) is 12.4 Å². The van der Waals surface area contributed by atoms with Crippen molar-refractivity contribution in [3.05, 3.63) is 83.7 Å². The number of ether oxygens (including phenoxy) is 1. The van der Waals surface area contributed by atoms with Crippen molar-refractivity contribution in [3.8, 4) is 16.9 Å². The van der Waals surface area contributed by atoms with Gasteiger partial charge in [0.2, 0.25) is 11.7 Å². The lowest BCUT2D eigenvalue weighted by Crippen LogP contribution is -2.49. The Labute approximate surface area is 187 Å². The number of nitrogens with zero attached hydrogens (tertiary/aromatic N) is 3. The molecule has 32 heavy (non-hydrogen) atoms. The lowest BCUT2D eigenvalue weighted by Gasteiger charge is -2.45. The quantitative estimate of drug-likeness (QED) is 0.632. The number of fused-ring (bicyclic) bond motifs is 3. The largest absolute Gasteiger partial charge is 0.486 e.